The predicted molar refractivity (Wildman–Crippen MR) is 112 cm³/mol. The number of methoxy groups -OCH3 is 2. The van der Waals surface area contributed by atoms with E-state index in [0.717, 1.165) is 50.4 Å². The lowest BCUT2D eigenvalue weighted by atomic mass is 10.2. The summed E-state index contributed by atoms with van der Waals surface area (Å²) >= 11 is 1.72. The standard InChI is InChI=1S/C21H27N3O3S/c1-4-20-22-17(15-28-20)14-23-9-11-24(12-10-23)21(25)8-6-16-5-7-18(26-2)19(13-16)27-3/h5-8,13,15H,4,9-12,14H2,1-3H3. The van der Waals surface area contributed by atoms with E-state index in [0.29, 0.717) is 11.5 Å². The Bertz CT molecular complexity index is 826. The van der Waals surface area contributed by atoms with Crippen molar-refractivity contribution >= 4 is 23.3 Å². The van der Waals surface area contributed by atoms with Crippen LogP contribution in [0, 0.1) is 0 Å². The van der Waals surface area contributed by atoms with E-state index in [2.05, 4.69) is 22.2 Å². The minimum absolute atomic E-state index is 0.0383. The molecule has 1 aliphatic rings. The molecule has 3 rings (SSSR count). The number of benzene rings is 1. The van der Waals surface area contributed by atoms with Crippen LogP contribution in [0.2, 0.25) is 0 Å². The first-order chi connectivity index (χ1) is 13.6. The molecule has 0 atom stereocenters. The third-order valence-corrected chi connectivity index (χ3v) is 5.84. The maximum absolute atomic E-state index is 12.5. The fourth-order valence-corrected chi connectivity index (χ4v) is 3.90. The van der Waals surface area contributed by atoms with Gasteiger partial charge in [0.15, 0.2) is 11.5 Å². The van der Waals surface area contributed by atoms with E-state index in [1.807, 2.05) is 29.2 Å². The SMILES string of the molecule is CCc1nc(CN2CCN(C(=O)C=Cc3ccc(OC)c(OC)c3)CC2)cs1. The number of ether oxygens (including phenoxy) is 2. The molecule has 1 aromatic heterocycles. The lowest BCUT2D eigenvalue weighted by Crippen LogP contribution is -2.47. The normalized spacial score (nSPS) is 15.2. The van der Waals surface area contributed by atoms with Gasteiger partial charge in [0.25, 0.3) is 0 Å². The van der Waals surface area contributed by atoms with Crippen LogP contribution >= 0.6 is 11.3 Å². The van der Waals surface area contributed by atoms with E-state index < -0.39 is 0 Å². The van der Waals surface area contributed by atoms with Crippen molar-refractivity contribution in [1.29, 1.82) is 0 Å². The minimum Gasteiger partial charge on any atom is -0.493 e. The molecular weight excluding hydrogens is 374 g/mol. The van der Waals surface area contributed by atoms with Crippen LogP contribution in [0.4, 0.5) is 0 Å². The second kappa shape index (κ2) is 9.71. The molecule has 7 heteroatoms. The first-order valence-corrected chi connectivity index (χ1v) is 10.4. The number of rotatable bonds is 7. The zero-order valence-electron chi connectivity index (χ0n) is 16.7. The molecule has 150 valence electrons. The summed E-state index contributed by atoms with van der Waals surface area (Å²) in [7, 11) is 3.21. The van der Waals surface area contributed by atoms with Crippen LogP contribution in [-0.2, 0) is 17.8 Å². The van der Waals surface area contributed by atoms with Crippen molar-refractivity contribution in [1.82, 2.24) is 14.8 Å². The monoisotopic (exact) mass is 401 g/mol. The zero-order valence-corrected chi connectivity index (χ0v) is 17.5. The fraction of sp³-hybridized carbons (Fsp3) is 0.429. The largest absolute Gasteiger partial charge is 0.493 e. The van der Waals surface area contributed by atoms with Crippen LogP contribution in [0.1, 0.15) is 23.2 Å². The highest BCUT2D eigenvalue weighted by Crippen LogP contribution is 2.28. The molecule has 0 radical (unpaired) electrons. The van der Waals surface area contributed by atoms with Crippen molar-refractivity contribution in [3.8, 4) is 11.5 Å². The second-order valence-corrected chi connectivity index (χ2v) is 7.58. The highest BCUT2D eigenvalue weighted by Gasteiger charge is 2.20. The lowest BCUT2D eigenvalue weighted by molar-refractivity contribution is -0.127. The van der Waals surface area contributed by atoms with Gasteiger partial charge in [0.1, 0.15) is 0 Å². The van der Waals surface area contributed by atoms with Gasteiger partial charge < -0.3 is 14.4 Å². The van der Waals surface area contributed by atoms with Crippen LogP contribution < -0.4 is 9.47 Å². The van der Waals surface area contributed by atoms with Crippen molar-refractivity contribution in [2.45, 2.75) is 19.9 Å². The topological polar surface area (TPSA) is 54.9 Å². The van der Waals surface area contributed by atoms with Gasteiger partial charge in [0, 0.05) is 44.2 Å². The Balaban J connectivity index is 1.51. The summed E-state index contributed by atoms with van der Waals surface area (Å²) in [6, 6.07) is 5.60. The van der Waals surface area contributed by atoms with Gasteiger partial charge in [-0.2, -0.15) is 0 Å². The van der Waals surface area contributed by atoms with Gasteiger partial charge in [-0.3, -0.25) is 9.69 Å². The molecule has 0 spiro atoms. The Morgan fingerprint density at radius 1 is 1.18 bits per heavy atom. The molecule has 0 N–H and O–H groups in total. The molecular formula is C21H27N3O3S. The molecule has 0 aliphatic carbocycles. The summed E-state index contributed by atoms with van der Waals surface area (Å²) in [6.07, 6.45) is 4.43. The number of hydrogen-bond donors (Lipinski definition) is 0. The Labute approximate surface area is 170 Å². The molecule has 1 aromatic carbocycles. The molecule has 1 fully saturated rings. The number of amides is 1. The number of piperazine rings is 1. The van der Waals surface area contributed by atoms with E-state index in [4.69, 9.17) is 9.47 Å². The van der Waals surface area contributed by atoms with Crippen LogP contribution in [0.25, 0.3) is 6.08 Å². The molecule has 1 saturated heterocycles. The summed E-state index contributed by atoms with van der Waals surface area (Å²) in [4.78, 5) is 21.4. The smallest absolute Gasteiger partial charge is 0.246 e. The average molecular weight is 402 g/mol. The highest BCUT2D eigenvalue weighted by molar-refractivity contribution is 7.09. The first-order valence-electron chi connectivity index (χ1n) is 9.47. The molecule has 28 heavy (non-hydrogen) atoms. The van der Waals surface area contributed by atoms with Crippen molar-refractivity contribution in [2.24, 2.45) is 0 Å². The van der Waals surface area contributed by atoms with E-state index >= 15 is 0 Å². The molecule has 2 heterocycles. The fourth-order valence-electron chi connectivity index (χ4n) is 3.17. The van der Waals surface area contributed by atoms with Crippen molar-refractivity contribution in [2.75, 3.05) is 40.4 Å². The molecule has 0 unspecified atom stereocenters. The molecule has 2 aromatic rings. The summed E-state index contributed by atoms with van der Waals surface area (Å²) in [6.45, 7) is 6.20. The van der Waals surface area contributed by atoms with Gasteiger partial charge >= 0.3 is 0 Å². The Morgan fingerprint density at radius 2 is 1.93 bits per heavy atom. The summed E-state index contributed by atoms with van der Waals surface area (Å²) in [5.41, 5.74) is 2.04. The molecule has 0 saturated carbocycles. The molecule has 1 aliphatic heterocycles. The van der Waals surface area contributed by atoms with E-state index in [1.165, 1.54) is 5.01 Å². The maximum Gasteiger partial charge on any atom is 0.246 e. The lowest BCUT2D eigenvalue weighted by Gasteiger charge is -2.33. The van der Waals surface area contributed by atoms with Gasteiger partial charge in [-0.25, -0.2) is 4.98 Å². The number of aryl methyl sites for hydroxylation is 1. The number of aromatic nitrogens is 1. The minimum atomic E-state index is 0.0383. The van der Waals surface area contributed by atoms with E-state index in [-0.39, 0.29) is 5.91 Å². The number of carbonyl (C=O) groups is 1. The van der Waals surface area contributed by atoms with E-state index in [1.54, 1.807) is 31.6 Å². The van der Waals surface area contributed by atoms with Crippen LogP contribution in [0.3, 0.4) is 0 Å². The number of carbonyl (C=O) groups excluding carboxylic acids is 1. The average Bonchev–Trinajstić information content (AvgIpc) is 3.19. The Kier molecular flexibility index (Phi) is 7.06. The van der Waals surface area contributed by atoms with Gasteiger partial charge in [0.05, 0.1) is 24.9 Å². The Hall–Kier alpha value is -2.38. The van der Waals surface area contributed by atoms with Crippen molar-refractivity contribution in [3.05, 3.63) is 45.9 Å². The number of thiazole rings is 1. The molecule has 0 bridgehead atoms. The predicted octanol–water partition coefficient (Wildman–Crippen LogP) is 3.08. The van der Waals surface area contributed by atoms with Crippen LogP contribution in [0.15, 0.2) is 29.7 Å². The van der Waals surface area contributed by atoms with Gasteiger partial charge in [-0.05, 0) is 30.2 Å². The third-order valence-electron chi connectivity index (χ3n) is 4.80. The zero-order chi connectivity index (χ0) is 19.9. The Morgan fingerprint density at radius 3 is 2.57 bits per heavy atom. The summed E-state index contributed by atoms with van der Waals surface area (Å²) < 4.78 is 10.5. The maximum atomic E-state index is 12.5. The van der Waals surface area contributed by atoms with Crippen LogP contribution in [0.5, 0.6) is 11.5 Å². The van der Waals surface area contributed by atoms with Gasteiger partial charge in [0.2, 0.25) is 5.91 Å². The summed E-state index contributed by atoms with van der Waals surface area (Å²) in [5, 5.41) is 3.33. The first kappa shape index (κ1) is 20.4. The number of nitrogens with zero attached hydrogens (tertiary/aromatic N) is 3. The second-order valence-electron chi connectivity index (χ2n) is 6.64. The molecule has 6 nitrogen and oxygen atoms in total. The third kappa shape index (κ3) is 5.11. The van der Waals surface area contributed by atoms with Gasteiger partial charge in [-0.15, -0.1) is 11.3 Å². The molecule has 1 amide bonds. The number of hydrogen-bond acceptors (Lipinski definition) is 6. The highest BCUT2D eigenvalue weighted by atomic mass is 32.1. The van der Waals surface area contributed by atoms with E-state index in [9.17, 15) is 4.79 Å². The van der Waals surface area contributed by atoms with Gasteiger partial charge in [-0.1, -0.05) is 13.0 Å². The van der Waals surface area contributed by atoms with Crippen molar-refractivity contribution < 1.29 is 14.3 Å². The van der Waals surface area contributed by atoms with Crippen LogP contribution in [-0.4, -0.2) is 61.1 Å². The summed E-state index contributed by atoms with van der Waals surface area (Å²) in [5.74, 6) is 1.36. The van der Waals surface area contributed by atoms with Crippen molar-refractivity contribution in [3.63, 3.8) is 0 Å². The quantitative estimate of drug-likeness (QED) is 0.668.